The molecule has 0 unspecified atom stereocenters. The van der Waals surface area contributed by atoms with Crippen LogP contribution < -0.4 is 20.7 Å². The molecule has 1 aliphatic carbocycles. The number of hydrogen-bond acceptors (Lipinski definition) is 12. The van der Waals surface area contributed by atoms with Crippen LogP contribution in [0.1, 0.15) is 117 Å². The van der Waals surface area contributed by atoms with Crippen molar-refractivity contribution in [2.75, 3.05) is 56.1 Å². The first kappa shape index (κ1) is 49.2. The molecule has 5 aromatic rings. The number of amides is 2. The second-order valence-corrected chi connectivity index (χ2v) is 20.8. The zero-order valence-electron chi connectivity index (χ0n) is 41.2. The lowest BCUT2D eigenvalue weighted by Gasteiger charge is -2.36. The van der Waals surface area contributed by atoms with Gasteiger partial charge in [-0.1, -0.05) is 56.0 Å². The van der Waals surface area contributed by atoms with E-state index in [0.717, 1.165) is 130 Å². The molecule has 2 N–H and O–H groups in total. The summed E-state index contributed by atoms with van der Waals surface area (Å²) in [5, 5.41) is 24.7. The van der Waals surface area contributed by atoms with Gasteiger partial charge in [-0.3, -0.25) is 19.3 Å². The van der Waals surface area contributed by atoms with Crippen LogP contribution in [0.25, 0.3) is 27.1 Å². The normalized spacial score (nSPS) is 21.1. The number of cyclic esters (lactones) is 1. The smallest absolute Gasteiger partial charge is 0.343 e. The molecule has 72 heavy (non-hydrogen) atoms. The van der Waals surface area contributed by atoms with Crippen LogP contribution in [0.3, 0.4) is 0 Å². The predicted octanol–water partition coefficient (Wildman–Crippen LogP) is 7.76. The minimum atomic E-state index is -1.86. The van der Waals surface area contributed by atoms with Gasteiger partial charge < -0.3 is 34.4 Å². The van der Waals surface area contributed by atoms with E-state index < -0.39 is 11.6 Å². The van der Waals surface area contributed by atoms with Gasteiger partial charge >= 0.3 is 5.97 Å². The first-order valence-electron chi connectivity index (χ1n) is 25.8. The zero-order valence-corrected chi connectivity index (χ0v) is 42.0. The van der Waals surface area contributed by atoms with E-state index in [4.69, 9.17) is 27.9 Å². The van der Waals surface area contributed by atoms with Gasteiger partial charge in [-0.05, 0) is 105 Å². The Labute approximate surface area is 425 Å². The first-order chi connectivity index (χ1) is 34.9. The molecular weight excluding hydrogens is 932 g/mol. The Hall–Kier alpha value is -6.41. The molecule has 4 aliphatic heterocycles. The quantitative estimate of drug-likeness (QED) is 0.0619. The highest BCUT2D eigenvalue weighted by molar-refractivity contribution is 6.33. The fourth-order valence-electron chi connectivity index (χ4n) is 11.6. The molecule has 3 fully saturated rings. The van der Waals surface area contributed by atoms with E-state index in [9.17, 15) is 24.3 Å². The van der Waals surface area contributed by atoms with Crippen LogP contribution >= 0.6 is 11.6 Å². The van der Waals surface area contributed by atoms with Gasteiger partial charge in [-0.25, -0.2) is 14.6 Å². The molecule has 0 spiro atoms. The van der Waals surface area contributed by atoms with E-state index in [1.54, 1.807) is 29.7 Å². The lowest BCUT2D eigenvalue weighted by molar-refractivity contribution is -0.172. The number of nitrogens with zero attached hydrogens (tertiary/aromatic N) is 9. The van der Waals surface area contributed by atoms with Gasteiger partial charge in [0.1, 0.15) is 6.61 Å². The highest BCUT2D eigenvalue weighted by atomic mass is 35.5. The summed E-state index contributed by atoms with van der Waals surface area (Å²) < 4.78 is 6.90. The monoisotopic (exact) mass is 994 g/mol. The number of unbranched alkanes of at least 4 members (excludes halogenated alkanes) is 2. The highest BCUT2D eigenvalue weighted by Crippen LogP contribution is 2.40. The SMILES string of the molecule is [C-]#[N+]c1ccc(N(C)C2CCC(NC(=O)c3ccc(N4CCC(CCCCCC(=O)N5CCN(Cc6cccc7nc8c(cc67)Cn6c-8cc7c(c6=O)COC(=O)[C@]7(O)CC)CC5)CC4)nn3)CC2)cc1Cl. The van der Waals surface area contributed by atoms with E-state index in [1.165, 1.54) is 0 Å². The Morgan fingerprint density at radius 2 is 1.74 bits per heavy atom. The number of carbonyl (C=O) groups is 3. The Balaban J connectivity index is 0.618. The molecule has 2 amide bonds. The maximum atomic E-state index is 13.7. The Kier molecular flexibility index (Phi) is 14.3. The molecule has 17 heteroatoms. The summed E-state index contributed by atoms with van der Waals surface area (Å²) >= 11 is 6.29. The number of nitrogens with one attached hydrogen (secondary N) is 1. The minimum Gasteiger partial charge on any atom is -0.458 e. The number of aromatic nitrogens is 4. The second-order valence-electron chi connectivity index (χ2n) is 20.4. The van der Waals surface area contributed by atoms with Gasteiger partial charge in [0.2, 0.25) is 11.6 Å². The number of halogens is 1. The number of benzene rings is 2. The molecule has 2 saturated heterocycles. The van der Waals surface area contributed by atoms with Gasteiger partial charge in [0, 0.05) is 98.6 Å². The van der Waals surface area contributed by atoms with Crippen molar-refractivity contribution in [3.8, 4) is 11.4 Å². The van der Waals surface area contributed by atoms with Crippen molar-refractivity contribution in [1.29, 1.82) is 0 Å². The molecule has 2 aromatic carbocycles. The number of pyridine rings is 2. The van der Waals surface area contributed by atoms with Gasteiger partial charge in [0.25, 0.3) is 11.5 Å². The molecule has 376 valence electrons. The largest absolute Gasteiger partial charge is 0.458 e. The predicted molar refractivity (Wildman–Crippen MR) is 276 cm³/mol. The number of piperazine rings is 1. The fourth-order valence-corrected chi connectivity index (χ4v) is 11.8. The molecule has 1 saturated carbocycles. The summed E-state index contributed by atoms with van der Waals surface area (Å²) in [6.45, 7) is 14.7. The molecular formula is C55H63ClN10O6. The van der Waals surface area contributed by atoms with Crippen LogP contribution in [0.4, 0.5) is 17.2 Å². The minimum absolute atomic E-state index is 0.0829. The maximum Gasteiger partial charge on any atom is 0.343 e. The number of carbonyl (C=O) groups excluding carboxylic acids is 3. The van der Waals surface area contributed by atoms with E-state index in [1.807, 2.05) is 35.2 Å². The topological polar surface area (TPSA) is 171 Å². The van der Waals surface area contributed by atoms with E-state index in [-0.39, 0.29) is 36.4 Å². The van der Waals surface area contributed by atoms with Crippen molar-refractivity contribution >= 4 is 57.5 Å². The van der Waals surface area contributed by atoms with Gasteiger partial charge in [0.05, 0.1) is 35.6 Å². The molecule has 3 aromatic heterocycles. The summed E-state index contributed by atoms with van der Waals surface area (Å²) in [5.41, 5.74) is 4.45. The zero-order chi connectivity index (χ0) is 50.1. The van der Waals surface area contributed by atoms with Crippen LogP contribution in [-0.2, 0) is 39.6 Å². The van der Waals surface area contributed by atoms with Crippen LogP contribution in [0.5, 0.6) is 0 Å². The number of anilines is 2. The Morgan fingerprint density at radius 3 is 2.46 bits per heavy atom. The molecule has 16 nitrogen and oxygen atoms in total. The lowest BCUT2D eigenvalue weighted by atomic mass is 9.86. The summed E-state index contributed by atoms with van der Waals surface area (Å²) in [4.78, 5) is 70.0. The Morgan fingerprint density at radius 1 is 0.944 bits per heavy atom. The van der Waals surface area contributed by atoms with Crippen molar-refractivity contribution in [2.45, 2.75) is 121 Å². The fraction of sp³-hybridized carbons (Fsp3) is 0.491. The van der Waals surface area contributed by atoms with Crippen LogP contribution in [0.2, 0.25) is 5.02 Å². The van der Waals surface area contributed by atoms with Crippen LogP contribution in [0.15, 0.2) is 65.5 Å². The molecule has 5 aliphatic rings. The summed E-state index contributed by atoms with van der Waals surface area (Å²) in [7, 11) is 2.06. The average molecular weight is 996 g/mol. The van der Waals surface area contributed by atoms with Crippen LogP contribution in [-0.4, -0.2) is 111 Å². The van der Waals surface area contributed by atoms with Gasteiger partial charge in [-0.15, -0.1) is 10.2 Å². The third-order valence-corrected chi connectivity index (χ3v) is 16.4. The van der Waals surface area contributed by atoms with E-state index >= 15 is 0 Å². The number of hydrogen-bond donors (Lipinski definition) is 2. The summed E-state index contributed by atoms with van der Waals surface area (Å²) in [6.07, 6.45) is 10.7. The number of aliphatic hydroxyl groups is 1. The first-order valence-corrected chi connectivity index (χ1v) is 26.2. The molecule has 0 radical (unpaired) electrons. The highest BCUT2D eigenvalue weighted by Gasteiger charge is 2.45. The average Bonchev–Trinajstić information content (AvgIpc) is 3.77. The van der Waals surface area contributed by atoms with E-state index in [0.29, 0.717) is 76.9 Å². The van der Waals surface area contributed by atoms with Crippen molar-refractivity contribution < 1.29 is 24.2 Å². The van der Waals surface area contributed by atoms with Crippen LogP contribution in [0, 0.1) is 12.5 Å². The molecule has 7 heterocycles. The van der Waals surface area contributed by atoms with Crippen molar-refractivity contribution in [1.82, 2.24) is 34.9 Å². The number of rotatable bonds is 14. The van der Waals surface area contributed by atoms with Crippen molar-refractivity contribution in [3.63, 3.8) is 0 Å². The van der Waals surface area contributed by atoms with Crippen molar-refractivity contribution in [3.05, 3.63) is 115 Å². The number of esters is 1. The maximum absolute atomic E-state index is 13.7. The molecule has 10 rings (SSSR count). The third kappa shape index (κ3) is 9.90. The van der Waals surface area contributed by atoms with Crippen molar-refractivity contribution in [2.24, 2.45) is 5.92 Å². The number of fused-ring (bicyclic) bond motifs is 5. The summed E-state index contributed by atoms with van der Waals surface area (Å²) in [5.74, 6) is 0.775. The molecule has 1 atom stereocenters. The standard InChI is InChI=1S/C55H63ClN10O6/c1-4-55(71)43-31-48-51-37(33-66(48)53(69)42(43)34-72-54(55)70)29-41-36(10-8-11-45(41)59-51)32-63-25-27-65(28-26-63)50(67)12-7-5-6-9-35-21-23-64(24-22-35)49-20-19-47(60-61-49)52(68)58-38-13-15-39(16-14-38)62(3)40-17-18-46(57-2)44(56)30-40/h8,10-11,17-20,29-31,35,38-39,71H,4-7,9,12-16,21-28,32-34H2,1,3H3,(H,58,68)/t38?,39?,55-/m0/s1. The van der Waals surface area contributed by atoms with Gasteiger partial charge in [0.15, 0.2) is 17.1 Å². The van der Waals surface area contributed by atoms with Gasteiger partial charge in [-0.2, -0.15) is 0 Å². The molecule has 0 bridgehead atoms. The number of ether oxygens (including phenoxy) is 1. The summed E-state index contributed by atoms with van der Waals surface area (Å²) in [6, 6.07) is 19.6. The van der Waals surface area contributed by atoms with E-state index in [2.05, 4.69) is 54.2 Å². The second kappa shape index (κ2) is 21.0. The lowest BCUT2D eigenvalue weighted by Crippen LogP contribution is -2.48. The number of piperidine rings is 1. The Bertz CT molecular complexity index is 2970. The third-order valence-electron chi connectivity index (χ3n) is 16.1.